The van der Waals surface area contributed by atoms with Crippen molar-refractivity contribution in [3.8, 4) is 23.7 Å². The molecule has 516 valence electrons. The molecule has 0 aliphatic heterocycles. The summed E-state index contributed by atoms with van der Waals surface area (Å²) in [5.41, 5.74) is 5.64. The van der Waals surface area contributed by atoms with Crippen molar-refractivity contribution in [1.82, 2.24) is 0 Å². The first-order valence-corrected chi connectivity index (χ1v) is 37.7. The summed E-state index contributed by atoms with van der Waals surface area (Å²) < 4.78 is 25.1. The predicted molar refractivity (Wildman–Crippen MR) is 401 cm³/mol. The van der Waals surface area contributed by atoms with Crippen LogP contribution in [0.5, 0.6) is 0 Å². The van der Waals surface area contributed by atoms with Crippen molar-refractivity contribution >= 4 is 67.0 Å². The van der Waals surface area contributed by atoms with E-state index in [-0.39, 0.29) is 59.5 Å². The molecule has 0 saturated carbocycles. The number of carbonyl (C=O) groups excluding carboxylic acids is 4. The number of ether oxygens (including phenoxy) is 4. The third kappa shape index (κ3) is 22.4. The molecule has 7 rings (SSSR count). The van der Waals surface area contributed by atoms with Crippen molar-refractivity contribution in [2.45, 2.75) is 286 Å². The number of carbonyl (C=O) groups is 4. The van der Waals surface area contributed by atoms with Crippen LogP contribution < -0.4 is 0 Å². The van der Waals surface area contributed by atoms with E-state index in [4.69, 9.17) is 18.9 Å². The highest BCUT2D eigenvalue weighted by molar-refractivity contribution is 6.40. The van der Waals surface area contributed by atoms with Gasteiger partial charge >= 0.3 is 23.9 Å². The Labute approximate surface area is 578 Å². The Balaban J connectivity index is 1.50. The van der Waals surface area contributed by atoms with Crippen molar-refractivity contribution in [3.05, 3.63) is 141 Å². The molecule has 0 bridgehead atoms. The van der Waals surface area contributed by atoms with E-state index in [2.05, 4.69) is 117 Å². The van der Waals surface area contributed by atoms with Crippen LogP contribution in [0.4, 0.5) is 0 Å². The summed E-state index contributed by atoms with van der Waals surface area (Å²) in [6.07, 6.45) is 34.9. The lowest BCUT2D eigenvalue weighted by atomic mass is 9.81. The second-order valence-corrected chi connectivity index (χ2v) is 29.1. The van der Waals surface area contributed by atoms with Gasteiger partial charge in [0.2, 0.25) is 0 Å². The van der Waals surface area contributed by atoms with Gasteiger partial charge in [-0.15, -0.1) is 0 Å². The van der Waals surface area contributed by atoms with Crippen molar-refractivity contribution in [3.63, 3.8) is 0 Å². The number of hydrogen-bond donors (Lipinski definition) is 0. The molecule has 0 atom stereocenters. The molecule has 8 nitrogen and oxygen atoms in total. The van der Waals surface area contributed by atoms with Crippen LogP contribution in [0.1, 0.15) is 350 Å². The van der Waals surface area contributed by atoms with Gasteiger partial charge in [-0.25, -0.2) is 19.2 Å². The van der Waals surface area contributed by atoms with E-state index >= 15 is 19.2 Å². The Morgan fingerprint density at radius 2 is 0.531 bits per heavy atom. The summed E-state index contributed by atoms with van der Waals surface area (Å²) in [5.74, 6) is 11.9. The normalized spacial score (nSPS) is 11.7. The molecular weight excluding hydrogens is 1180 g/mol. The maximum Gasteiger partial charge on any atom is 0.338 e. The second-order valence-electron chi connectivity index (χ2n) is 29.1. The minimum absolute atomic E-state index is 0.0780. The van der Waals surface area contributed by atoms with Gasteiger partial charge in [0.15, 0.2) is 0 Å². The van der Waals surface area contributed by atoms with Crippen LogP contribution in [0.15, 0.2) is 84.9 Å². The Morgan fingerprint density at radius 1 is 0.281 bits per heavy atom. The van der Waals surface area contributed by atoms with E-state index < -0.39 is 23.9 Å². The Hall–Kier alpha value is -7.16. The lowest BCUT2D eigenvalue weighted by Crippen LogP contribution is -2.14. The first-order chi connectivity index (χ1) is 46.5. The first kappa shape index (κ1) is 76.2. The zero-order chi connectivity index (χ0) is 68.7. The fraction of sp³-hybridized carbons (Fsp3) is 0.545. The third-order valence-corrected chi connectivity index (χ3v) is 19.1. The van der Waals surface area contributed by atoms with E-state index in [9.17, 15) is 0 Å². The minimum Gasteiger partial charge on any atom is -0.462 e. The summed E-state index contributed by atoms with van der Waals surface area (Å²) in [6.45, 7) is 22.9. The van der Waals surface area contributed by atoms with Gasteiger partial charge in [-0.3, -0.25) is 0 Å². The van der Waals surface area contributed by atoms with Crippen LogP contribution in [-0.4, -0.2) is 50.3 Å². The highest BCUT2D eigenvalue weighted by atomic mass is 16.5. The van der Waals surface area contributed by atoms with Crippen LogP contribution >= 0.6 is 0 Å². The summed E-state index contributed by atoms with van der Waals surface area (Å²) in [7, 11) is 0. The summed E-state index contributed by atoms with van der Waals surface area (Å²) in [5, 5.41) is 4.59. The van der Waals surface area contributed by atoms with Crippen molar-refractivity contribution in [1.29, 1.82) is 0 Å². The van der Waals surface area contributed by atoms with Gasteiger partial charge in [0.05, 0.1) is 48.7 Å². The largest absolute Gasteiger partial charge is 0.462 e. The molecule has 7 aromatic rings. The molecule has 0 saturated heterocycles. The average molecular weight is 1300 g/mol. The number of benzene rings is 7. The van der Waals surface area contributed by atoms with Gasteiger partial charge in [0.25, 0.3) is 0 Å². The molecule has 0 aromatic heterocycles. The van der Waals surface area contributed by atoms with Gasteiger partial charge < -0.3 is 18.9 Å². The quantitative estimate of drug-likeness (QED) is 0.00934. The number of unbranched alkanes of at least 4 members (excludes halogenated alkanes) is 28. The van der Waals surface area contributed by atoms with Crippen LogP contribution in [0, 0.1) is 23.7 Å². The fourth-order valence-corrected chi connectivity index (χ4v) is 13.3. The smallest absolute Gasteiger partial charge is 0.338 e. The van der Waals surface area contributed by atoms with Crippen LogP contribution in [-0.2, 0) is 29.8 Å². The highest BCUT2D eigenvalue weighted by Gasteiger charge is 2.31. The Bertz CT molecular complexity index is 3470. The van der Waals surface area contributed by atoms with E-state index in [1.807, 2.05) is 36.4 Å². The monoisotopic (exact) mass is 1300 g/mol. The molecule has 0 aliphatic rings. The Morgan fingerprint density at radius 3 is 0.792 bits per heavy atom. The lowest BCUT2D eigenvalue weighted by molar-refractivity contribution is 0.0483. The van der Waals surface area contributed by atoms with Gasteiger partial charge in [-0.05, 0) is 107 Å². The maximum absolute atomic E-state index is 15.3. The minimum atomic E-state index is -0.560. The van der Waals surface area contributed by atoms with Gasteiger partial charge in [-0.1, -0.05) is 309 Å². The van der Waals surface area contributed by atoms with Crippen LogP contribution in [0.25, 0.3) is 43.1 Å². The molecule has 0 unspecified atom stereocenters. The molecule has 0 heterocycles. The summed E-state index contributed by atoms with van der Waals surface area (Å²) in [4.78, 5) is 60.7. The van der Waals surface area contributed by atoms with Crippen molar-refractivity contribution in [2.24, 2.45) is 0 Å². The average Bonchev–Trinajstić information content (AvgIpc) is 0.692. The number of hydrogen-bond acceptors (Lipinski definition) is 8. The lowest BCUT2D eigenvalue weighted by Gasteiger charge is -2.22. The number of fused-ring (bicyclic) bond motifs is 2. The van der Waals surface area contributed by atoms with Crippen molar-refractivity contribution in [2.75, 3.05) is 26.4 Å². The standard InChI is InChI=1S/C88H116O8/c1-11-15-19-23-27-31-35-39-59-93-83(89)73-57-55-71-78-68(50-44-66-47-53-70(54-48-66)88(8,9)10)64-76(86(92)96-62-42-38-34-30-26-22-18-14-4)80-74(84(90)94-60-40-36-32-28-24-20-16-12-2)58-56-72(82(78)80)77-67(49-43-65-45-51-69(52-46-65)87(5,6)7)63-75(79(73)81(71)77)85(91)95-61-41-37-33-29-25-21-17-13-3/h45-48,51-58,63-64H,11-42,59-62H2,1-10H3. The first-order valence-electron chi connectivity index (χ1n) is 37.7. The highest BCUT2D eigenvalue weighted by Crippen LogP contribution is 2.47. The molecule has 0 radical (unpaired) electrons. The van der Waals surface area contributed by atoms with Gasteiger partial charge in [0, 0.05) is 54.6 Å². The molecule has 0 N–H and O–H groups in total. The number of esters is 4. The molecule has 96 heavy (non-hydrogen) atoms. The topological polar surface area (TPSA) is 105 Å². The zero-order valence-electron chi connectivity index (χ0n) is 60.8. The SMILES string of the molecule is CCCCCCCCCCOC(=O)c1ccc2c3c(C#Cc4ccc(C(C)(C)C)cc4)cc(C(=O)OCCCCCCCCCC)c4c(C(=O)OCCCCCCCCCC)ccc(c5c(C#Cc6ccc(C(C)(C)C)cc6)cc(C(=O)OCCCCCCCCCC)c1c25)c43. The maximum atomic E-state index is 15.3. The second kappa shape index (κ2) is 39.9. The molecule has 7 aromatic carbocycles. The van der Waals surface area contributed by atoms with Crippen molar-refractivity contribution < 1.29 is 38.1 Å². The third-order valence-electron chi connectivity index (χ3n) is 19.1. The molecule has 0 fully saturated rings. The number of rotatable bonds is 40. The molecule has 8 heteroatoms. The molecule has 0 amide bonds. The Kier molecular flexibility index (Phi) is 31.7. The molecule has 0 aliphatic carbocycles. The van der Waals surface area contributed by atoms with E-state index in [1.54, 1.807) is 24.3 Å². The van der Waals surface area contributed by atoms with E-state index in [0.29, 0.717) is 67.1 Å². The molecule has 0 spiro atoms. The fourth-order valence-electron chi connectivity index (χ4n) is 13.3. The summed E-state index contributed by atoms with van der Waals surface area (Å²) in [6, 6.07) is 27.5. The van der Waals surface area contributed by atoms with Crippen LogP contribution in [0.3, 0.4) is 0 Å². The predicted octanol–water partition coefficient (Wildman–Crippen LogP) is 24.3. The summed E-state index contributed by atoms with van der Waals surface area (Å²) >= 11 is 0. The van der Waals surface area contributed by atoms with Crippen LogP contribution in [0.2, 0.25) is 0 Å². The van der Waals surface area contributed by atoms with Gasteiger partial charge in [0.1, 0.15) is 0 Å². The zero-order valence-corrected chi connectivity index (χ0v) is 60.8. The molecular formula is C88H116O8. The van der Waals surface area contributed by atoms with Gasteiger partial charge in [-0.2, -0.15) is 0 Å². The van der Waals surface area contributed by atoms with E-state index in [0.717, 1.165) is 101 Å². The van der Waals surface area contributed by atoms with E-state index in [1.165, 1.54) is 114 Å².